The SMILES string of the molecule is CNc1nc(C)nc(Oc2ccc(F)cc2F)c1C. The van der Waals surface area contributed by atoms with Gasteiger partial charge in [0.05, 0.1) is 5.56 Å². The number of rotatable bonds is 3. The van der Waals surface area contributed by atoms with Gasteiger partial charge in [0.15, 0.2) is 11.6 Å². The number of hydrogen-bond acceptors (Lipinski definition) is 4. The van der Waals surface area contributed by atoms with E-state index in [0.29, 0.717) is 17.2 Å². The average Bonchev–Trinajstić information content (AvgIpc) is 2.36. The maximum absolute atomic E-state index is 13.5. The zero-order valence-corrected chi connectivity index (χ0v) is 10.8. The van der Waals surface area contributed by atoms with Crippen LogP contribution in [0.3, 0.4) is 0 Å². The van der Waals surface area contributed by atoms with Crippen LogP contribution in [0.2, 0.25) is 0 Å². The molecule has 0 unspecified atom stereocenters. The van der Waals surface area contributed by atoms with Crippen LogP contribution in [0.15, 0.2) is 18.2 Å². The molecule has 0 spiro atoms. The fourth-order valence-electron chi connectivity index (χ4n) is 1.61. The lowest BCUT2D eigenvalue weighted by Crippen LogP contribution is -2.03. The summed E-state index contributed by atoms with van der Waals surface area (Å²) >= 11 is 0. The Labute approximate surface area is 109 Å². The highest BCUT2D eigenvalue weighted by Gasteiger charge is 2.13. The van der Waals surface area contributed by atoms with E-state index in [9.17, 15) is 8.78 Å². The third-order valence-electron chi connectivity index (χ3n) is 2.55. The van der Waals surface area contributed by atoms with Crippen LogP contribution in [0.25, 0.3) is 0 Å². The van der Waals surface area contributed by atoms with Crippen LogP contribution in [-0.2, 0) is 0 Å². The van der Waals surface area contributed by atoms with Crippen LogP contribution >= 0.6 is 0 Å². The van der Waals surface area contributed by atoms with E-state index in [4.69, 9.17) is 4.74 Å². The van der Waals surface area contributed by atoms with Crippen molar-refractivity contribution in [3.63, 3.8) is 0 Å². The van der Waals surface area contributed by atoms with Gasteiger partial charge in [-0.25, -0.2) is 13.8 Å². The van der Waals surface area contributed by atoms with E-state index in [1.165, 1.54) is 6.07 Å². The van der Waals surface area contributed by atoms with E-state index in [1.807, 2.05) is 0 Å². The number of nitrogens with zero attached hydrogens (tertiary/aromatic N) is 2. The molecule has 1 aromatic carbocycles. The molecule has 0 bridgehead atoms. The minimum absolute atomic E-state index is 0.0790. The van der Waals surface area contributed by atoms with Crippen molar-refractivity contribution in [2.75, 3.05) is 12.4 Å². The van der Waals surface area contributed by atoms with Crippen LogP contribution in [0.5, 0.6) is 11.6 Å². The Bertz CT molecular complexity index is 617. The van der Waals surface area contributed by atoms with Gasteiger partial charge < -0.3 is 10.1 Å². The molecule has 1 N–H and O–H groups in total. The van der Waals surface area contributed by atoms with E-state index >= 15 is 0 Å². The summed E-state index contributed by atoms with van der Waals surface area (Å²) in [5.41, 5.74) is 0.650. The Balaban J connectivity index is 2.40. The van der Waals surface area contributed by atoms with Crippen LogP contribution in [0.1, 0.15) is 11.4 Å². The molecular formula is C13H13F2N3O. The summed E-state index contributed by atoms with van der Waals surface area (Å²) in [5.74, 6) is -0.178. The molecule has 0 fully saturated rings. The van der Waals surface area contributed by atoms with Crippen LogP contribution < -0.4 is 10.1 Å². The van der Waals surface area contributed by atoms with Crippen LogP contribution in [-0.4, -0.2) is 17.0 Å². The zero-order chi connectivity index (χ0) is 14.0. The van der Waals surface area contributed by atoms with Gasteiger partial charge in [-0.2, -0.15) is 4.98 Å². The molecule has 0 radical (unpaired) electrons. The van der Waals surface area contributed by atoms with E-state index in [1.54, 1.807) is 20.9 Å². The number of benzene rings is 1. The lowest BCUT2D eigenvalue weighted by atomic mass is 10.3. The summed E-state index contributed by atoms with van der Waals surface area (Å²) in [6, 6.07) is 3.11. The molecule has 0 amide bonds. The first-order valence-corrected chi connectivity index (χ1v) is 5.67. The van der Waals surface area contributed by atoms with Crippen molar-refractivity contribution in [3.05, 3.63) is 41.2 Å². The summed E-state index contributed by atoms with van der Waals surface area (Å²) in [4.78, 5) is 8.28. The first kappa shape index (κ1) is 13.2. The maximum atomic E-state index is 13.5. The van der Waals surface area contributed by atoms with Crippen molar-refractivity contribution < 1.29 is 13.5 Å². The van der Waals surface area contributed by atoms with Gasteiger partial charge in [0.2, 0.25) is 5.88 Å². The first-order valence-electron chi connectivity index (χ1n) is 5.67. The number of ether oxygens (including phenoxy) is 1. The standard InChI is InChI=1S/C13H13F2N3O/c1-7-12(16-3)17-8(2)18-13(7)19-11-5-4-9(14)6-10(11)15/h4-6H,1-3H3,(H,16,17,18). The molecule has 1 heterocycles. The minimum Gasteiger partial charge on any atom is -0.435 e. The molecule has 19 heavy (non-hydrogen) atoms. The highest BCUT2D eigenvalue weighted by atomic mass is 19.1. The molecular weight excluding hydrogens is 252 g/mol. The van der Waals surface area contributed by atoms with E-state index in [2.05, 4.69) is 15.3 Å². The molecule has 6 heteroatoms. The lowest BCUT2D eigenvalue weighted by molar-refractivity contribution is 0.419. The highest BCUT2D eigenvalue weighted by molar-refractivity contribution is 5.49. The normalized spacial score (nSPS) is 10.4. The molecule has 0 aliphatic carbocycles. The van der Waals surface area contributed by atoms with Gasteiger partial charge in [-0.15, -0.1) is 0 Å². The zero-order valence-electron chi connectivity index (χ0n) is 10.8. The number of halogens is 2. The molecule has 2 rings (SSSR count). The molecule has 0 aliphatic heterocycles. The Hall–Kier alpha value is -2.24. The first-order chi connectivity index (χ1) is 9.01. The fraction of sp³-hybridized carbons (Fsp3) is 0.231. The largest absolute Gasteiger partial charge is 0.435 e. The van der Waals surface area contributed by atoms with E-state index < -0.39 is 11.6 Å². The molecule has 0 aliphatic rings. The molecule has 0 saturated carbocycles. The average molecular weight is 265 g/mol. The fourth-order valence-corrected chi connectivity index (χ4v) is 1.61. The van der Waals surface area contributed by atoms with Gasteiger partial charge in [-0.1, -0.05) is 0 Å². The van der Waals surface area contributed by atoms with Gasteiger partial charge in [-0.05, 0) is 26.0 Å². The van der Waals surface area contributed by atoms with Crippen molar-refractivity contribution in [2.24, 2.45) is 0 Å². The number of aryl methyl sites for hydroxylation is 1. The molecule has 1 aromatic heterocycles. The third kappa shape index (κ3) is 2.78. The molecule has 0 atom stereocenters. The number of hydrogen-bond donors (Lipinski definition) is 1. The second kappa shape index (κ2) is 5.17. The lowest BCUT2D eigenvalue weighted by Gasteiger charge is -2.12. The van der Waals surface area contributed by atoms with E-state index in [0.717, 1.165) is 12.1 Å². The minimum atomic E-state index is -0.776. The monoisotopic (exact) mass is 265 g/mol. The Morgan fingerprint density at radius 1 is 1.16 bits per heavy atom. The van der Waals surface area contributed by atoms with Gasteiger partial charge >= 0.3 is 0 Å². The number of nitrogens with one attached hydrogen (secondary N) is 1. The quantitative estimate of drug-likeness (QED) is 0.925. The molecule has 2 aromatic rings. The van der Waals surface area contributed by atoms with Crippen molar-refractivity contribution >= 4 is 5.82 Å². The van der Waals surface area contributed by atoms with Gasteiger partial charge in [-0.3, -0.25) is 0 Å². The van der Waals surface area contributed by atoms with Crippen molar-refractivity contribution in [1.82, 2.24) is 9.97 Å². The van der Waals surface area contributed by atoms with Gasteiger partial charge in [0, 0.05) is 13.1 Å². The molecule has 100 valence electrons. The second-order valence-electron chi connectivity index (χ2n) is 3.98. The van der Waals surface area contributed by atoms with Crippen molar-refractivity contribution in [2.45, 2.75) is 13.8 Å². The van der Waals surface area contributed by atoms with Crippen LogP contribution in [0, 0.1) is 25.5 Å². The second-order valence-corrected chi connectivity index (χ2v) is 3.98. The topological polar surface area (TPSA) is 47.0 Å². The number of anilines is 1. The predicted octanol–water partition coefficient (Wildman–Crippen LogP) is 3.21. The highest BCUT2D eigenvalue weighted by Crippen LogP contribution is 2.28. The summed E-state index contributed by atoms with van der Waals surface area (Å²) in [5, 5.41) is 2.90. The number of aromatic nitrogens is 2. The third-order valence-corrected chi connectivity index (χ3v) is 2.55. The Morgan fingerprint density at radius 2 is 1.89 bits per heavy atom. The maximum Gasteiger partial charge on any atom is 0.227 e. The van der Waals surface area contributed by atoms with E-state index in [-0.39, 0.29) is 11.6 Å². The molecule has 0 saturated heterocycles. The Kier molecular flexibility index (Phi) is 3.59. The Morgan fingerprint density at radius 3 is 2.53 bits per heavy atom. The summed E-state index contributed by atoms with van der Waals surface area (Å²) in [6.07, 6.45) is 0. The van der Waals surface area contributed by atoms with Gasteiger partial charge in [0.25, 0.3) is 0 Å². The smallest absolute Gasteiger partial charge is 0.227 e. The summed E-state index contributed by atoms with van der Waals surface area (Å²) in [6.45, 7) is 3.45. The summed E-state index contributed by atoms with van der Waals surface area (Å²) < 4.78 is 31.7. The molecule has 4 nitrogen and oxygen atoms in total. The van der Waals surface area contributed by atoms with Crippen LogP contribution in [0.4, 0.5) is 14.6 Å². The summed E-state index contributed by atoms with van der Waals surface area (Å²) in [7, 11) is 1.72. The van der Waals surface area contributed by atoms with Crippen molar-refractivity contribution in [3.8, 4) is 11.6 Å². The van der Waals surface area contributed by atoms with Crippen molar-refractivity contribution in [1.29, 1.82) is 0 Å². The predicted molar refractivity (Wildman–Crippen MR) is 67.5 cm³/mol. The van der Waals surface area contributed by atoms with Gasteiger partial charge in [0.1, 0.15) is 17.5 Å².